The first-order valence-electron chi connectivity index (χ1n) is 24.0. The van der Waals surface area contributed by atoms with Crippen LogP contribution in [0.25, 0.3) is 11.1 Å². The summed E-state index contributed by atoms with van der Waals surface area (Å²) in [6.07, 6.45) is 13.9. The van der Waals surface area contributed by atoms with Gasteiger partial charge in [0.25, 0.3) is 0 Å². The van der Waals surface area contributed by atoms with Crippen LogP contribution in [-0.4, -0.2) is 11.4 Å². The van der Waals surface area contributed by atoms with Crippen LogP contribution in [0.15, 0.2) is 104 Å². The number of unbranched alkanes of at least 4 members (excludes halogenated alkanes) is 2. The molecule has 5 heteroatoms. The van der Waals surface area contributed by atoms with Crippen molar-refractivity contribution in [3.8, 4) is 0 Å². The summed E-state index contributed by atoms with van der Waals surface area (Å²) in [6, 6.07) is 22.2. The number of allylic oxidation sites excluding steroid dienone is 5. The number of benzene rings is 2. The third-order valence-electron chi connectivity index (χ3n) is 13.7. The van der Waals surface area contributed by atoms with E-state index in [2.05, 4.69) is 130 Å². The molecule has 61 heavy (non-hydrogen) atoms. The number of fused-ring (bicyclic) bond motifs is 6. The summed E-state index contributed by atoms with van der Waals surface area (Å²) in [6.45, 7) is 23.3. The Morgan fingerprint density at radius 2 is 0.984 bits per heavy atom. The summed E-state index contributed by atoms with van der Waals surface area (Å²) in [5.41, 5.74) is 25.6. The van der Waals surface area contributed by atoms with Crippen LogP contribution in [0.4, 0.5) is 0 Å². The molecule has 0 saturated carbocycles. The third-order valence-corrected chi connectivity index (χ3v) is 13.7. The summed E-state index contributed by atoms with van der Waals surface area (Å²) in [5.74, 6) is 0.0119. The summed E-state index contributed by atoms with van der Waals surface area (Å²) >= 11 is 0. The molecule has 5 heterocycles. The van der Waals surface area contributed by atoms with E-state index in [1.807, 2.05) is 0 Å². The van der Waals surface area contributed by atoms with E-state index >= 15 is 0 Å². The molecule has 0 fully saturated rings. The van der Waals surface area contributed by atoms with E-state index in [0.717, 1.165) is 107 Å². The minimum absolute atomic E-state index is 0. The van der Waals surface area contributed by atoms with Gasteiger partial charge in [0.05, 0.1) is 22.8 Å². The predicted molar refractivity (Wildman–Crippen MR) is 257 cm³/mol. The Morgan fingerprint density at radius 1 is 0.475 bits per heavy atom. The van der Waals surface area contributed by atoms with Crippen LogP contribution < -0.4 is 9.97 Å². The van der Waals surface area contributed by atoms with Gasteiger partial charge in [0, 0.05) is 11.8 Å². The summed E-state index contributed by atoms with van der Waals surface area (Å²) in [4.78, 5) is 23.9. The summed E-state index contributed by atoms with van der Waals surface area (Å²) < 4.78 is 0. The number of rotatable bonds is 16. The smallest absolute Gasteiger partial charge is 0.660 e. The van der Waals surface area contributed by atoms with Gasteiger partial charge >= 0.3 is 16.5 Å². The molecule has 324 valence electrons. The number of aromatic nitrogens is 2. The first-order chi connectivity index (χ1) is 29.4. The van der Waals surface area contributed by atoms with Gasteiger partial charge in [0.15, 0.2) is 0 Å². The van der Waals surface area contributed by atoms with Gasteiger partial charge in [-0.15, -0.1) is 22.8 Å². The van der Waals surface area contributed by atoms with Crippen LogP contribution in [0.5, 0.6) is 0 Å². The molecule has 2 aromatic carbocycles. The number of nitrogens with zero attached hydrogens (tertiary/aromatic N) is 4. The molecular weight excluding hydrogens is 787 g/mol. The second kappa shape index (κ2) is 20.8. The largest absolute Gasteiger partial charge is 2.00 e. The van der Waals surface area contributed by atoms with Crippen molar-refractivity contribution < 1.29 is 16.5 Å². The maximum Gasteiger partial charge on any atom is 2.00 e. The molecule has 4 nitrogen and oxygen atoms in total. The SMILES string of the molecule is CCCC/C1=C2/N=C(C(CC)=C2CC)[C@H](CCCC)c2[n-]c(c(CC)c2CC)/C(c2ccccc2)=C2\N=C(C(CC)=C2CC)[C@H](c2ccccc2)c2[n-]c1c(CC)c2CC.[Ni+2]. The van der Waals surface area contributed by atoms with Crippen LogP contribution >= 0.6 is 0 Å². The Labute approximate surface area is 378 Å². The minimum Gasteiger partial charge on any atom is -0.660 e. The Kier molecular flexibility index (Phi) is 15.8. The van der Waals surface area contributed by atoms with Gasteiger partial charge in [-0.2, -0.15) is 0 Å². The zero-order chi connectivity index (χ0) is 42.5. The molecule has 0 N–H and O–H groups in total. The van der Waals surface area contributed by atoms with E-state index < -0.39 is 0 Å². The standard InChI is InChI=1S/C56H70N4.Ni/c1-11-21-33-45-49-37(13-3)38(14-4)50(57-49)46(34-22-12-2)52-40(16-6)42(18-8)54(59-52)48(36-31-27-24-28-32-36)56-44(20-10)43(19-9)55(60-56)47(35-29-25-23-26-30-35)53-41(17-7)39(15-5)51(45)58-53;/h23-32,45,48H,11-22,33-34H2,1-10H3;/q-2;+2/b50-46-,55-47-;/t45-,48+;/m0./s1. The Balaban J connectivity index is 0.00000622. The average Bonchev–Trinajstić information content (AvgIpc) is 4.05. The maximum atomic E-state index is 5.99. The topological polar surface area (TPSA) is 52.9 Å². The quantitative estimate of drug-likeness (QED) is 0.105. The Hall–Kier alpha value is -4.21. The molecule has 8 bridgehead atoms. The number of hydrogen-bond donors (Lipinski definition) is 0. The number of aliphatic imine (C=N–C) groups is 2. The fourth-order valence-corrected chi connectivity index (χ4v) is 10.9. The van der Waals surface area contributed by atoms with Crippen LogP contribution in [0.3, 0.4) is 0 Å². The fraction of sp³-hybridized carbons (Fsp3) is 0.464. The molecule has 0 unspecified atom stereocenters. The van der Waals surface area contributed by atoms with Crippen molar-refractivity contribution in [3.05, 3.63) is 151 Å². The van der Waals surface area contributed by atoms with Gasteiger partial charge in [-0.25, -0.2) is 0 Å². The van der Waals surface area contributed by atoms with Crippen LogP contribution in [0.1, 0.15) is 201 Å². The van der Waals surface area contributed by atoms with Gasteiger partial charge in [0.2, 0.25) is 0 Å². The molecule has 2 atom stereocenters. The van der Waals surface area contributed by atoms with Crippen molar-refractivity contribution in [2.45, 2.75) is 171 Å². The first kappa shape index (κ1) is 46.3. The van der Waals surface area contributed by atoms with Crippen LogP contribution in [-0.2, 0) is 42.2 Å². The molecule has 0 saturated heterocycles. The third kappa shape index (κ3) is 8.26. The van der Waals surface area contributed by atoms with E-state index in [-0.39, 0.29) is 28.3 Å². The first-order valence-corrected chi connectivity index (χ1v) is 24.0. The minimum atomic E-state index is -0.106. The molecule has 0 radical (unpaired) electrons. The Morgan fingerprint density at radius 3 is 1.56 bits per heavy atom. The van der Waals surface area contributed by atoms with Gasteiger partial charge in [-0.3, -0.25) is 9.98 Å². The van der Waals surface area contributed by atoms with Crippen molar-refractivity contribution in [2.75, 3.05) is 0 Å². The van der Waals surface area contributed by atoms with Gasteiger partial charge in [-0.1, -0.05) is 171 Å². The molecule has 0 spiro atoms. The summed E-state index contributed by atoms with van der Waals surface area (Å²) in [5, 5.41) is 0. The van der Waals surface area contributed by atoms with Crippen LogP contribution in [0.2, 0.25) is 0 Å². The fourth-order valence-electron chi connectivity index (χ4n) is 10.9. The molecule has 4 aromatic rings. The molecule has 0 aliphatic carbocycles. The van der Waals surface area contributed by atoms with E-state index in [9.17, 15) is 0 Å². The second-order valence-corrected chi connectivity index (χ2v) is 16.9. The summed E-state index contributed by atoms with van der Waals surface area (Å²) in [7, 11) is 0. The molecular formula is C56H70N4Ni. The van der Waals surface area contributed by atoms with E-state index in [4.69, 9.17) is 20.0 Å². The van der Waals surface area contributed by atoms with Gasteiger partial charge in [0.1, 0.15) is 0 Å². The molecule has 3 aliphatic rings. The van der Waals surface area contributed by atoms with Crippen molar-refractivity contribution in [1.82, 2.24) is 9.97 Å². The zero-order valence-electron chi connectivity index (χ0n) is 38.9. The van der Waals surface area contributed by atoms with E-state index in [0.29, 0.717) is 0 Å². The van der Waals surface area contributed by atoms with Crippen molar-refractivity contribution >= 4 is 22.6 Å². The van der Waals surface area contributed by atoms with Crippen LogP contribution in [0, 0.1) is 0 Å². The van der Waals surface area contributed by atoms with E-state index in [1.54, 1.807) is 0 Å². The second-order valence-electron chi connectivity index (χ2n) is 16.9. The van der Waals surface area contributed by atoms with Gasteiger partial charge < -0.3 is 9.97 Å². The van der Waals surface area contributed by atoms with Crippen molar-refractivity contribution in [1.29, 1.82) is 0 Å². The van der Waals surface area contributed by atoms with Gasteiger partial charge in [-0.05, 0) is 115 Å². The Bertz CT molecular complexity index is 2370. The molecule has 0 amide bonds. The zero-order valence-corrected chi connectivity index (χ0v) is 39.9. The number of hydrogen-bond acceptors (Lipinski definition) is 2. The normalized spacial score (nSPS) is 20.1. The molecule has 7 rings (SSSR count). The predicted octanol–water partition coefficient (Wildman–Crippen LogP) is 14.8. The molecule has 2 aromatic heterocycles. The average molecular weight is 858 g/mol. The van der Waals surface area contributed by atoms with Crippen molar-refractivity contribution in [2.24, 2.45) is 9.98 Å². The van der Waals surface area contributed by atoms with E-state index in [1.165, 1.54) is 95.3 Å². The maximum absolute atomic E-state index is 5.99. The monoisotopic (exact) mass is 856 g/mol. The van der Waals surface area contributed by atoms with Crippen molar-refractivity contribution in [3.63, 3.8) is 0 Å². The molecule has 3 aliphatic heterocycles.